The fourth-order valence-electron chi connectivity index (χ4n) is 1.91. The molecule has 1 unspecified atom stereocenters. The molecule has 0 aliphatic carbocycles. The molecule has 1 aromatic heterocycles. The van der Waals surface area contributed by atoms with Crippen molar-refractivity contribution >= 4 is 15.9 Å². The van der Waals surface area contributed by atoms with Gasteiger partial charge in [-0.25, -0.2) is 0 Å². The minimum absolute atomic E-state index is 0.0284. The lowest BCUT2D eigenvalue weighted by atomic mass is 10.1. The molecule has 0 radical (unpaired) electrons. The van der Waals surface area contributed by atoms with Gasteiger partial charge in [0.25, 0.3) is 5.56 Å². The van der Waals surface area contributed by atoms with Crippen LogP contribution in [-0.4, -0.2) is 11.2 Å². The number of ether oxygens (including phenoxy) is 1. The lowest BCUT2D eigenvalue weighted by Gasteiger charge is -2.15. The van der Waals surface area contributed by atoms with E-state index in [4.69, 9.17) is 10.5 Å². The summed E-state index contributed by atoms with van der Waals surface area (Å²) in [5.74, 6) is 0.757. The van der Waals surface area contributed by atoms with Crippen LogP contribution in [0, 0.1) is 0 Å². The molecular weight excluding hydrogens is 320 g/mol. The highest BCUT2D eigenvalue weighted by Crippen LogP contribution is 2.27. The summed E-state index contributed by atoms with van der Waals surface area (Å²) in [7, 11) is 0. The van der Waals surface area contributed by atoms with Gasteiger partial charge in [0.1, 0.15) is 12.4 Å². The molecule has 1 heterocycles. The van der Waals surface area contributed by atoms with E-state index in [9.17, 15) is 4.79 Å². The van der Waals surface area contributed by atoms with Gasteiger partial charge in [-0.3, -0.25) is 4.79 Å². The van der Waals surface area contributed by atoms with Crippen molar-refractivity contribution in [3.05, 3.63) is 63.0 Å². The topological polar surface area (TPSA) is 57.2 Å². The summed E-state index contributed by atoms with van der Waals surface area (Å²) >= 11 is 3.42. The average molecular weight is 337 g/mol. The fraction of sp³-hybridized carbons (Fsp3) is 0.267. The van der Waals surface area contributed by atoms with Gasteiger partial charge in [-0.1, -0.05) is 22.0 Å². The number of aromatic nitrogens is 1. The van der Waals surface area contributed by atoms with Gasteiger partial charge in [-0.05, 0) is 31.2 Å². The van der Waals surface area contributed by atoms with Crippen LogP contribution in [0.4, 0.5) is 0 Å². The highest BCUT2D eigenvalue weighted by molar-refractivity contribution is 9.10. The molecule has 0 saturated carbocycles. The quantitative estimate of drug-likeness (QED) is 0.913. The summed E-state index contributed by atoms with van der Waals surface area (Å²) in [6.07, 6.45) is 1.75. The molecule has 1 aromatic carbocycles. The molecule has 5 heteroatoms. The number of halogens is 1. The number of rotatable bonds is 5. The van der Waals surface area contributed by atoms with Crippen LogP contribution >= 0.6 is 15.9 Å². The zero-order valence-corrected chi connectivity index (χ0v) is 12.8. The van der Waals surface area contributed by atoms with Gasteiger partial charge >= 0.3 is 0 Å². The van der Waals surface area contributed by atoms with E-state index in [0.29, 0.717) is 13.2 Å². The fourth-order valence-corrected chi connectivity index (χ4v) is 2.28. The Labute approximate surface area is 126 Å². The van der Waals surface area contributed by atoms with E-state index in [1.54, 1.807) is 16.8 Å². The van der Waals surface area contributed by atoms with E-state index in [1.807, 2.05) is 31.2 Å². The van der Waals surface area contributed by atoms with Crippen molar-refractivity contribution < 1.29 is 4.74 Å². The Bertz CT molecular complexity index is 638. The molecule has 0 spiro atoms. The first-order valence-corrected chi connectivity index (χ1v) is 7.20. The van der Waals surface area contributed by atoms with Gasteiger partial charge in [0.15, 0.2) is 0 Å². The summed E-state index contributed by atoms with van der Waals surface area (Å²) in [5, 5.41) is 0. The van der Waals surface area contributed by atoms with Crippen molar-refractivity contribution in [3.8, 4) is 5.75 Å². The molecule has 20 heavy (non-hydrogen) atoms. The van der Waals surface area contributed by atoms with Crippen LogP contribution in [0.3, 0.4) is 0 Å². The molecule has 0 bridgehead atoms. The number of hydrogen-bond acceptors (Lipinski definition) is 3. The van der Waals surface area contributed by atoms with Crippen molar-refractivity contribution in [2.24, 2.45) is 5.73 Å². The largest absolute Gasteiger partial charge is 0.491 e. The Balaban J connectivity index is 2.05. The molecule has 106 valence electrons. The van der Waals surface area contributed by atoms with Crippen LogP contribution in [0.1, 0.15) is 18.5 Å². The maximum absolute atomic E-state index is 11.6. The molecule has 0 aliphatic heterocycles. The van der Waals surface area contributed by atoms with Gasteiger partial charge in [-0.15, -0.1) is 0 Å². The van der Waals surface area contributed by atoms with Crippen molar-refractivity contribution in [2.45, 2.75) is 19.5 Å². The Hall–Kier alpha value is -1.59. The summed E-state index contributed by atoms with van der Waals surface area (Å²) in [6.45, 7) is 2.84. The predicted molar refractivity (Wildman–Crippen MR) is 82.9 cm³/mol. The second-order valence-corrected chi connectivity index (χ2v) is 5.47. The summed E-state index contributed by atoms with van der Waals surface area (Å²) in [6, 6.07) is 10.7. The highest BCUT2D eigenvalue weighted by atomic mass is 79.9. The Kier molecular flexibility index (Phi) is 4.98. The molecule has 2 rings (SSSR count). The number of benzene rings is 1. The third-order valence-electron chi connectivity index (χ3n) is 2.95. The Morgan fingerprint density at radius 1 is 1.35 bits per heavy atom. The van der Waals surface area contributed by atoms with Crippen molar-refractivity contribution in [2.75, 3.05) is 6.61 Å². The molecule has 1 atom stereocenters. The van der Waals surface area contributed by atoms with E-state index < -0.39 is 0 Å². The van der Waals surface area contributed by atoms with Crippen LogP contribution < -0.4 is 16.0 Å². The summed E-state index contributed by atoms with van der Waals surface area (Å²) in [4.78, 5) is 11.6. The number of nitrogens with two attached hydrogens (primary N) is 1. The second kappa shape index (κ2) is 6.72. The SMILES string of the molecule is CC(N)c1cc(Br)ccc1OCCn1ccccc1=O. The van der Waals surface area contributed by atoms with Gasteiger partial charge in [0, 0.05) is 28.3 Å². The van der Waals surface area contributed by atoms with Gasteiger partial charge in [0.05, 0.1) is 6.54 Å². The van der Waals surface area contributed by atoms with Crippen molar-refractivity contribution in [3.63, 3.8) is 0 Å². The maximum Gasteiger partial charge on any atom is 0.250 e. The van der Waals surface area contributed by atoms with Crippen LogP contribution in [0.15, 0.2) is 51.9 Å². The third-order valence-corrected chi connectivity index (χ3v) is 3.44. The highest BCUT2D eigenvalue weighted by Gasteiger charge is 2.08. The normalized spacial score (nSPS) is 12.2. The Morgan fingerprint density at radius 3 is 2.85 bits per heavy atom. The van der Waals surface area contributed by atoms with E-state index >= 15 is 0 Å². The molecule has 0 amide bonds. The maximum atomic E-state index is 11.6. The van der Waals surface area contributed by atoms with E-state index in [-0.39, 0.29) is 11.6 Å². The van der Waals surface area contributed by atoms with Crippen LogP contribution in [0.5, 0.6) is 5.75 Å². The average Bonchev–Trinajstić information content (AvgIpc) is 2.42. The summed E-state index contributed by atoms with van der Waals surface area (Å²) < 4.78 is 8.34. The summed E-state index contributed by atoms with van der Waals surface area (Å²) in [5.41, 5.74) is 6.85. The van der Waals surface area contributed by atoms with Crippen molar-refractivity contribution in [1.82, 2.24) is 4.57 Å². The zero-order chi connectivity index (χ0) is 14.5. The van der Waals surface area contributed by atoms with Crippen LogP contribution in [-0.2, 0) is 6.54 Å². The standard InChI is InChI=1S/C15H17BrN2O2/c1-11(17)13-10-12(16)5-6-14(13)20-9-8-18-7-3-2-4-15(18)19/h2-7,10-11H,8-9,17H2,1H3. The molecule has 4 nitrogen and oxygen atoms in total. The molecular formula is C15H17BrN2O2. The molecule has 0 fully saturated rings. The minimum Gasteiger partial charge on any atom is -0.491 e. The molecule has 0 saturated heterocycles. The van der Waals surface area contributed by atoms with Crippen LogP contribution in [0.2, 0.25) is 0 Å². The van der Waals surface area contributed by atoms with Gasteiger partial charge in [-0.2, -0.15) is 0 Å². The first-order chi connectivity index (χ1) is 9.58. The lowest BCUT2D eigenvalue weighted by Crippen LogP contribution is -2.21. The van der Waals surface area contributed by atoms with Gasteiger partial charge < -0.3 is 15.0 Å². The monoisotopic (exact) mass is 336 g/mol. The third kappa shape index (κ3) is 3.71. The molecule has 2 N–H and O–H groups in total. The van der Waals surface area contributed by atoms with Gasteiger partial charge in [0.2, 0.25) is 0 Å². The zero-order valence-electron chi connectivity index (χ0n) is 11.3. The first kappa shape index (κ1) is 14.8. The number of nitrogens with zero attached hydrogens (tertiary/aromatic N) is 1. The number of pyridine rings is 1. The lowest BCUT2D eigenvalue weighted by molar-refractivity contribution is 0.292. The molecule has 2 aromatic rings. The van der Waals surface area contributed by atoms with Crippen molar-refractivity contribution in [1.29, 1.82) is 0 Å². The second-order valence-electron chi connectivity index (χ2n) is 4.55. The van der Waals surface area contributed by atoms with Crippen LogP contribution in [0.25, 0.3) is 0 Å². The smallest absolute Gasteiger partial charge is 0.250 e. The van der Waals surface area contributed by atoms with E-state index in [0.717, 1.165) is 15.8 Å². The minimum atomic E-state index is -0.109. The van der Waals surface area contributed by atoms with E-state index in [2.05, 4.69) is 15.9 Å². The molecule has 0 aliphatic rings. The number of hydrogen-bond donors (Lipinski definition) is 1. The van der Waals surface area contributed by atoms with E-state index in [1.165, 1.54) is 6.07 Å². The predicted octanol–water partition coefficient (Wildman–Crippen LogP) is 2.71. The Morgan fingerprint density at radius 2 is 2.15 bits per heavy atom. The first-order valence-electron chi connectivity index (χ1n) is 6.41.